The molecular formula is C18H28N2O3. The van der Waals surface area contributed by atoms with Crippen molar-refractivity contribution in [3.8, 4) is 0 Å². The first kappa shape index (κ1) is 17.8. The SMILES string of the molecule is COCCCC[C@](O)(c1ccccc1)C1CCCCN1C(N)=O. The van der Waals surface area contributed by atoms with Crippen LogP contribution in [-0.4, -0.2) is 42.3 Å². The molecule has 0 aliphatic carbocycles. The lowest BCUT2D eigenvalue weighted by atomic mass is 9.78. The molecule has 1 aromatic carbocycles. The summed E-state index contributed by atoms with van der Waals surface area (Å²) in [5, 5.41) is 11.5. The molecule has 1 aliphatic heterocycles. The zero-order valence-corrected chi connectivity index (χ0v) is 13.9. The molecule has 2 amide bonds. The standard InChI is InChI=1S/C18H28N2O3/c1-23-14-8-6-12-18(22,15-9-3-2-4-10-15)16-11-5-7-13-20(16)17(19)21/h2-4,9-10,16,22H,5-8,11-14H2,1H3,(H2,19,21)/t16?,18-/m0/s1. The highest BCUT2D eigenvalue weighted by atomic mass is 16.5. The van der Waals surface area contributed by atoms with Crippen molar-refractivity contribution in [1.82, 2.24) is 4.90 Å². The van der Waals surface area contributed by atoms with Crippen molar-refractivity contribution in [3.05, 3.63) is 35.9 Å². The Morgan fingerprint density at radius 2 is 2.09 bits per heavy atom. The lowest BCUT2D eigenvalue weighted by molar-refractivity contribution is -0.0603. The van der Waals surface area contributed by atoms with Gasteiger partial charge in [-0.15, -0.1) is 0 Å². The number of methoxy groups -OCH3 is 1. The zero-order chi connectivity index (χ0) is 16.7. The number of primary amides is 1. The molecule has 2 rings (SSSR count). The van der Waals surface area contributed by atoms with Gasteiger partial charge in [0.05, 0.1) is 6.04 Å². The summed E-state index contributed by atoms with van der Waals surface area (Å²) in [6.45, 7) is 1.29. The number of benzene rings is 1. The molecular weight excluding hydrogens is 292 g/mol. The van der Waals surface area contributed by atoms with Crippen LogP contribution in [-0.2, 0) is 10.3 Å². The molecule has 5 nitrogen and oxygen atoms in total. The minimum atomic E-state index is -1.07. The Hall–Kier alpha value is -1.59. The topological polar surface area (TPSA) is 75.8 Å². The van der Waals surface area contributed by atoms with Crippen LogP contribution < -0.4 is 5.73 Å². The highest BCUT2D eigenvalue weighted by Crippen LogP contribution is 2.38. The lowest BCUT2D eigenvalue weighted by Crippen LogP contribution is -2.56. The maximum atomic E-state index is 11.8. The van der Waals surface area contributed by atoms with Gasteiger partial charge in [-0.05, 0) is 44.1 Å². The molecule has 1 fully saturated rings. The molecule has 5 heteroatoms. The second-order valence-corrected chi connectivity index (χ2v) is 6.28. The minimum Gasteiger partial charge on any atom is -0.385 e. The third kappa shape index (κ3) is 4.24. The number of aliphatic hydroxyl groups is 1. The fourth-order valence-electron chi connectivity index (χ4n) is 3.56. The first-order chi connectivity index (χ1) is 11.1. The van der Waals surface area contributed by atoms with Crippen LogP contribution in [0.3, 0.4) is 0 Å². The van der Waals surface area contributed by atoms with E-state index in [9.17, 15) is 9.90 Å². The minimum absolute atomic E-state index is 0.265. The molecule has 3 N–H and O–H groups in total. The normalized spacial score (nSPS) is 21.0. The van der Waals surface area contributed by atoms with Crippen molar-refractivity contribution < 1.29 is 14.6 Å². The number of urea groups is 1. The largest absolute Gasteiger partial charge is 0.385 e. The van der Waals surface area contributed by atoms with E-state index >= 15 is 0 Å². The summed E-state index contributed by atoms with van der Waals surface area (Å²) in [7, 11) is 1.68. The van der Waals surface area contributed by atoms with E-state index in [2.05, 4.69) is 0 Å². The fourth-order valence-corrected chi connectivity index (χ4v) is 3.56. The average molecular weight is 320 g/mol. The van der Waals surface area contributed by atoms with Crippen LogP contribution in [0.5, 0.6) is 0 Å². The van der Waals surface area contributed by atoms with Crippen LogP contribution in [0.2, 0.25) is 0 Å². The molecule has 128 valence electrons. The third-order valence-corrected chi connectivity index (χ3v) is 4.77. The van der Waals surface area contributed by atoms with Gasteiger partial charge in [0.25, 0.3) is 0 Å². The second kappa shape index (κ2) is 8.31. The number of hydrogen-bond acceptors (Lipinski definition) is 3. The van der Waals surface area contributed by atoms with Crippen LogP contribution >= 0.6 is 0 Å². The molecule has 1 saturated heterocycles. The number of unbranched alkanes of at least 4 members (excludes halogenated alkanes) is 1. The van der Waals surface area contributed by atoms with E-state index in [1.165, 1.54) is 0 Å². The van der Waals surface area contributed by atoms with Gasteiger partial charge in [0.15, 0.2) is 0 Å². The second-order valence-electron chi connectivity index (χ2n) is 6.28. The van der Waals surface area contributed by atoms with Gasteiger partial charge < -0.3 is 20.5 Å². The molecule has 23 heavy (non-hydrogen) atoms. The molecule has 0 radical (unpaired) electrons. The van der Waals surface area contributed by atoms with E-state index in [4.69, 9.17) is 10.5 Å². The summed E-state index contributed by atoms with van der Waals surface area (Å²) in [5.41, 5.74) is 5.36. The van der Waals surface area contributed by atoms with Crippen LogP contribution in [0.4, 0.5) is 4.79 Å². The van der Waals surface area contributed by atoms with Gasteiger partial charge in [-0.1, -0.05) is 30.3 Å². The number of carbonyl (C=O) groups is 1. The molecule has 1 heterocycles. The summed E-state index contributed by atoms with van der Waals surface area (Å²) in [5.74, 6) is 0. The van der Waals surface area contributed by atoms with E-state index < -0.39 is 11.6 Å². The maximum Gasteiger partial charge on any atom is 0.315 e. The van der Waals surface area contributed by atoms with Crippen molar-refractivity contribution in [2.24, 2.45) is 5.73 Å². The Morgan fingerprint density at radius 3 is 2.74 bits per heavy atom. The number of nitrogens with two attached hydrogens (primary N) is 1. The van der Waals surface area contributed by atoms with Crippen molar-refractivity contribution in [2.45, 2.75) is 50.2 Å². The Kier molecular flexibility index (Phi) is 6.42. The predicted molar refractivity (Wildman–Crippen MR) is 90.0 cm³/mol. The highest BCUT2D eigenvalue weighted by molar-refractivity contribution is 5.72. The molecule has 0 aromatic heterocycles. The predicted octanol–water partition coefficient (Wildman–Crippen LogP) is 2.62. The maximum absolute atomic E-state index is 11.8. The average Bonchev–Trinajstić information content (AvgIpc) is 2.59. The molecule has 1 aliphatic rings. The van der Waals surface area contributed by atoms with Crippen LogP contribution in [0, 0.1) is 0 Å². The Balaban J connectivity index is 2.26. The number of piperidine rings is 1. The van der Waals surface area contributed by atoms with Gasteiger partial charge in [0, 0.05) is 20.3 Å². The summed E-state index contributed by atoms with van der Waals surface area (Å²) >= 11 is 0. The van der Waals surface area contributed by atoms with Crippen molar-refractivity contribution in [3.63, 3.8) is 0 Å². The monoisotopic (exact) mass is 320 g/mol. The van der Waals surface area contributed by atoms with Gasteiger partial charge in [-0.3, -0.25) is 0 Å². The number of ether oxygens (including phenoxy) is 1. The number of carbonyl (C=O) groups excluding carboxylic acids is 1. The molecule has 0 saturated carbocycles. The molecule has 0 bridgehead atoms. The lowest BCUT2D eigenvalue weighted by Gasteiger charge is -2.45. The molecule has 0 spiro atoms. The first-order valence-electron chi connectivity index (χ1n) is 8.42. The first-order valence-corrected chi connectivity index (χ1v) is 8.42. The number of likely N-dealkylation sites (tertiary alicyclic amines) is 1. The van der Waals surface area contributed by atoms with Gasteiger partial charge in [0.2, 0.25) is 0 Å². The molecule has 1 unspecified atom stereocenters. The summed E-state index contributed by atoms with van der Waals surface area (Å²) < 4.78 is 5.10. The van der Waals surface area contributed by atoms with E-state index in [0.717, 1.165) is 37.7 Å². The van der Waals surface area contributed by atoms with E-state index in [0.29, 0.717) is 19.6 Å². The van der Waals surface area contributed by atoms with E-state index in [-0.39, 0.29) is 6.04 Å². The number of rotatable bonds is 7. The highest BCUT2D eigenvalue weighted by Gasteiger charge is 2.43. The van der Waals surface area contributed by atoms with Crippen LogP contribution in [0.25, 0.3) is 0 Å². The third-order valence-electron chi connectivity index (χ3n) is 4.77. The van der Waals surface area contributed by atoms with E-state index in [1.54, 1.807) is 12.0 Å². The Morgan fingerprint density at radius 1 is 1.35 bits per heavy atom. The smallest absolute Gasteiger partial charge is 0.315 e. The van der Waals surface area contributed by atoms with Crippen molar-refractivity contribution >= 4 is 6.03 Å². The molecule has 1 aromatic rings. The van der Waals surface area contributed by atoms with Gasteiger partial charge in [0.1, 0.15) is 5.60 Å². The van der Waals surface area contributed by atoms with Crippen molar-refractivity contribution in [1.29, 1.82) is 0 Å². The number of amides is 2. The summed E-state index contributed by atoms with van der Waals surface area (Å²) in [6, 6.07) is 8.94. The van der Waals surface area contributed by atoms with Crippen LogP contribution in [0.15, 0.2) is 30.3 Å². The molecule has 2 atom stereocenters. The van der Waals surface area contributed by atoms with Gasteiger partial charge in [-0.2, -0.15) is 0 Å². The Bertz CT molecular complexity index is 494. The zero-order valence-electron chi connectivity index (χ0n) is 13.9. The van der Waals surface area contributed by atoms with Crippen molar-refractivity contribution in [2.75, 3.05) is 20.3 Å². The number of hydrogen-bond donors (Lipinski definition) is 2. The number of nitrogens with zero attached hydrogens (tertiary/aromatic N) is 1. The van der Waals surface area contributed by atoms with Gasteiger partial charge >= 0.3 is 6.03 Å². The quantitative estimate of drug-likeness (QED) is 0.758. The summed E-state index contributed by atoms with van der Waals surface area (Å²) in [4.78, 5) is 13.5. The summed E-state index contributed by atoms with van der Waals surface area (Å²) in [6.07, 6.45) is 5.03. The van der Waals surface area contributed by atoms with E-state index in [1.807, 2.05) is 30.3 Å². The Labute approximate surface area is 138 Å². The van der Waals surface area contributed by atoms with Gasteiger partial charge in [-0.25, -0.2) is 4.79 Å². The fraction of sp³-hybridized carbons (Fsp3) is 0.611. The van der Waals surface area contributed by atoms with Crippen LogP contribution in [0.1, 0.15) is 44.1 Å².